The largest absolute Gasteiger partial charge is 0.293 e. The summed E-state index contributed by atoms with van der Waals surface area (Å²) < 4.78 is 0. The number of carbonyl (C=O) groups excluding carboxylic acids is 1. The molecular formula is C13H10N2O. The number of hydrogen-bond acceptors (Lipinski definition) is 3. The van der Waals surface area contributed by atoms with Gasteiger partial charge in [0.25, 0.3) is 0 Å². The minimum absolute atomic E-state index is 0.0135. The van der Waals surface area contributed by atoms with Crippen molar-refractivity contribution < 1.29 is 4.79 Å². The smallest absolute Gasteiger partial charge is 0.176 e. The summed E-state index contributed by atoms with van der Waals surface area (Å²) >= 11 is 0. The van der Waals surface area contributed by atoms with Gasteiger partial charge in [0.2, 0.25) is 0 Å². The molecule has 0 saturated carbocycles. The summed E-state index contributed by atoms with van der Waals surface area (Å²) in [5.41, 5.74) is 1.97. The van der Waals surface area contributed by atoms with E-state index in [4.69, 9.17) is 0 Å². The van der Waals surface area contributed by atoms with E-state index in [1.165, 1.54) is 0 Å². The Morgan fingerprint density at radius 1 is 1.31 bits per heavy atom. The Hall–Kier alpha value is -2.21. The first-order valence-electron chi connectivity index (χ1n) is 4.95. The molecule has 0 aliphatic carbocycles. The maximum Gasteiger partial charge on any atom is 0.176 e. The zero-order valence-electron chi connectivity index (χ0n) is 8.90. The molecule has 0 aliphatic heterocycles. The first-order valence-corrected chi connectivity index (χ1v) is 4.95. The van der Waals surface area contributed by atoms with Gasteiger partial charge in [-0.3, -0.25) is 14.8 Å². The van der Waals surface area contributed by atoms with E-state index in [2.05, 4.69) is 21.8 Å². The molecular weight excluding hydrogens is 200 g/mol. The molecule has 0 N–H and O–H groups in total. The van der Waals surface area contributed by atoms with Crippen molar-refractivity contribution in [3.05, 3.63) is 36.2 Å². The highest BCUT2D eigenvalue weighted by atomic mass is 16.1. The average Bonchev–Trinajstić information content (AvgIpc) is 2.35. The van der Waals surface area contributed by atoms with E-state index in [9.17, 15) is 4.79 Å². The highest BCUT2D eigenvalue weighted by Gasteiger charge is 2.09. The lowest BCUT2D eigenvalue weighted by Gasteiger charge is -2.01. The molecule has 16 heavy (non-hydrogen) atoms. The van der Waals surface area contributed by atoms with Crippen molar-refractivity contribution in [1.82, 2.24) is 9.97 Å². The third-order valence-corrected chi connectivity index (χ3v) is 2.22. The van der Waals surface area contributed by atoms with Gasteiger partial charge in [0.05, 0.1) is 17.5 Å². The van der Waals surface area contributed by atoms with Crippen molar-refractivity contribution in [3.8, 4) is 11.8 Å². The van der Waals surface area contributed by atoms with E-state index < -0.39 is 0 Å². The molecule has 1 aromatic heterocycles. The topological polar surface area (TPSA) is 42.9 Å². The molecule has 0 amide bonds. The Bertz CT molecular complexity index is 588. The third kappa shape index (κ3) is 1.91. The number of aromatic nitrogens is 2. The van der Waals surface area contributed by atoms with E-state index in [1.54, 1.807) is 25.4 Å². The second-order valence-electron chi connectivity index (χ2n) is 3.26. The number of rotatable bonds is 2. The number of para-hydroxylation sites is 1. The summed E-state index contributed by atoms with van der Waals surface area (Å²) in [6.07, 6.45) is 3.43. The maximum atomic E-state index is 11.8. The number of ketones is 1. The molecule has 0 bridgehead atoms. The molecule has 78 valence electrons. The Balaban J connectivity index is 2.50. The summed E-state index contributed by atoms with van der Waals surface area (Å²) in [7, 11) is 0. The second-order valence-corrected chi connectivity index (χ2v) is 3.26. The normalized spacial score (nSPS) is 9.56. The van der Waals surface area contributed by atoms with Crippen LogP contribution in [-0.4, -0.2) is 15.8 Å². The predicted molar refractivity (Wildman–Crippen MR) is 61.9 cm³/mol. The van der Waals surface area contributed by atoms with E-state index in [0.717, 1.165) is 5.52 Å². The zero-order chi connectivity index (χ0) is 11.4. The monoisotopic (exact) mass is 210 g/mol. The molecule has 0 unspecified atom stereocenters. The molecule has 3 heteroatoms. The van der Waals surface area contributed by atoms with Crippen LogP contribution in [0.3, 0.4) is 0 Å². The SMILES string of the molecule is CC#CCC(=O)c1cccc2nccnc12. The van der Waals surface area contributed by atoms with Gasteiger partial charge >= 0.3 is 0 Å². The fourth-order valence-electron chi connectivity index (χ4n) is 1.48. The molecule has 0 radical (unpaired) electrons. The number of nitrogens with zero attached hydrogens (tertiary/aromatic N) is 2. The van der Waals surface area contributed by atoms with Crippen LogP contribution in [0, 0.1) is 11.8 Å². The molecule has 1 aromatic carbocycles. The van der Waals surface area contributed by atoms with Crippen LogP contribution in [0.4, 0.5) is 0 Å². The fraction of sp³-hybridized carbons (Fsp3) is 0.154. The Morgan fingerprint density at radius 3 is 2.94 bits per heavy atom. The first kappa shape index (κ1) is 10.3. The van der Waals surface area contributed by atoms with Crippen LogP contribution in [-0.2, 0) is 0 Å². The molecule has 0 aliphatic rings. The van der Waals surface area contributed by atoms with Crippen molar-refractivity contribution >= 4 is 16.8 Å². The standard InChI is InChI=1S/C13H10N2O/c1-2-3-7-12(16)10-5-4-6-11-13(10)15-9-8-14-11/h4-6,8-9H,7H2,1H3. The molecule has 3 nitrogen and oxygen atoms in total. The average molecular weight is 210 g/mol. The van der Waals surface area contributed by atoms with Gasteiger partial charge in [-0.15, -0.1) is 5.92 Å². The van der Waals surface area contributed by atoms with Gasteiger partial charge in [0.1, 0.15) is 0 Å². The Kier molecular flexibility index (Phi) is 2.93. The van der Waals surface area contributed by atoms with E-state index in [-0.39, 0.29) is 12.2 Å². The number of Topliss-reactive ketones (excluding diaryl/α,β-unsaturated/α-hetero) is 1. The summed E-state index contributed by atoms with van der Waals surface area (Å²) in [4.78, 5) is 20.2. The Morgan fingerprint density at radius 2 is 2.12 bits per heavy atom. The molecule has 1 heterocycles. The van der Waals surface area contributed by atoms with Gasteiger partial charge < -0.3 is 0 Å². The number of fused-ring (bicyclic) bond motifs is 1. The summed E-state index contributed by atoms with van der Waals surface area (Å²) in [5.74, 6) is 5.46. The van der Waals surface area contributed by atoms with Crippen molar-refractivity contribution in [1.29, 1.82) is 0 Å². The van der Waals surface area contributed by atoms with Crippen molar-refractivity contribution in [2.45, 2.75) is 13.3 Å². The van der Waals surface area contributed by atoms with Gasteiger partial charge in [0, 0.05) is 18.0 Å². The summed E-state index contributed by atoms with van der Waals surface area (Å²) in [6.45, 7) is 1.72. The minimum atomic E-state index is -0.0135. The van der Waals surface area contributed by atoms with Crippen LogP contribution < -0.4 is 0 Å². The van der Waals surface area contributed by atoms with Gasteiger partial charge in [-0.25, -0.2) is 0 Å². The minimum Gasteiger partial charge on any atom is -0.293 e. The fourth-order valence-corrected chi connectivity index (χ4v) is 1.48. The maximum absolute atomic E-state index is 11.8. The van der Waals surface area contributed by atoms with Crippen LogP contribution in [0.15, 0.2) is 30.6 Å². The van der Waals surface area contributed by atoms with Crippen LogP contribution >= 0.6 is 0 Å². The van der Waals surface area contributed by atoms with Crippen LogP contribution in [0.2, 0.25) is 0 Å². The van der Waals surface area contributed by atoms with E-state index in [0.29, 0.717) is 11.1 Å². The third-order valence-electron chi connectivity index (χ3n) is 2.22. The van der Waals surface area contributed by atoms with Crippen molar-refractivity contribution in [2.24, 2.45) is 0 Å². The first-order chi connectivity index (χ1) is 7.83. The lowest BCUT2D eigenvalue weighted by Crippen LogP contribution is -2.00. The lowest BCUT2D eigenvalue weighted by atomic mass is 10.1. The molecule has 0 fully saturated rings. The van der Waals surface area contributed by atoms with Crippen molar-refractivity contribution in [2.75, 3.05) is 0 Å². The predicted octanol–water partition coefficient (Wildman–Crippen LogP) is 2.23. The Labute approximate surface area is 93.5 Å². The number of carbonyl (C=O) groups is 1. The molecule has 0 spiro atoms. The molecule has 0 atom stereocenters. The van der Waals surface area contributed by atoms with Gasteiger partial charge in [-0.1, -0.05) is 12.0 Å². The molecule has 2 rings (SSSR count). The van der Waals surface area contributed by atoms with Crippen LogP contribution in [0.5, 0.6) is 0 Å². The summed E-state index contributed by atoms with van der Waals surface area (Å²) in [6, 6.07) is 5.41. The van der Waals surface area contributed by atoms with Gasteiger partial charge in [-0.05, 0) is 19.1 Å². The van der Waals surface area contributed by atoms with Gasteiger partial charge in [-0.2, -0.15) is 0 Å². The van der Waals surface area contributed by atoms with E-state index in [1.807, 2.05) is 12.1 Å². The highest BCUT2D eigenvalue weighted by Crippen LogP contribution is 2.15. The zero-order valence-corrected chi connectivity index (χ0v) is 8.90. The molecule has 0 saturated heterocycles. The summed E-state index contributed by atoms with van der Waals surface area (Å²) in [5, 5.41) is 0. The van der Waals surface area contributed by atoms with Crippen LogP contribution in [0.1, 0.15) is 23.7 Å². The van der Waals surface area contributed by atoms with Crippen molar-refractivity contribution in [3.63, 3.8) is 0 Å². The second kappa shape index (κ2) is 4.54. The highest BCUT2D eigenvalue weighted by molar-refractivity contribution is 6.06. The lowest BCUT2D eigenvalue weighted by molar-refractivity contribution is 0.0999. The molecule has 2 aromatic rings. The van der Waals surface area contributed by atoms with Gasteiger partial charge in [0.15, 0.2) is 5.78 Å². The van der Waals surface area contributed by atoms with Crippen LogP contribution in [0.25, 0.3) is 11.0 Å². The number of benzene rings is 1. The number of hydrogen-bond donors (Lipinski definition) is 0. The quantitative estimate of drug-likeness (QED) is 0.564. The van der Waals surface area contributed by atoms with E-state index >= 15 is 0 Å².